The number of benzene rings is 1. The number of rotatable bonds is 5. The van der Waals surface area contributed by atoms with Gasteiger partial charge in [0.25, 0.3) is 0 Å². The van der Waals surface area contributed by atoms with Crippen molar-refractivity contribution in [3.8, 4) is 0 Å². The number of carbonyl (C=O) groups excluding carboxylic acids is 2. The highest BCUT2D eigenvalue weighted by Gasteiger charge is 2.66. The maximum atomic E-state index is 13.1. The van der Waals surface area contributed by atoms with Crippen molar-refractivity contribution in [2.24, 2.45) is 11.8 Å². The van der Waals surface area contributed by atoms with Crippen LogP contribution in [-0.2, 0) is 27.4 Å². The Hall–Kier alpha value is -2.57. The molecule has 4 atom stereocenters. The van der Waals surface area contributed by atoms with Crippen LogP contribution in [0.3, 0.4) is 0 Å². The van der Waals surface area contributed by atoms with Gasteiger partial charge in [0.1, 0.15) is 11.4 Å². The second-order valence-electron chi connectivity index (χ2n) is 7.52. The SMILES string of the molecule is O=C(NCc1ccc(Cl)cc1)C1C2C(=O)N(Cc3ccco3)CC23C=C[C@H]1O3. The summed E-state index contributed by atoms with van der Waals surface area (Å²) in [6.07, 6.45) is 5.09. The lowest BCUT2D eigenvalue weighted by atomic mass is 9.77. The van der Waals surface area contributed by atoms with Crippen LogP contribution in [0.15, 0.2) is 59.2 Å². The van der Waals surface area contributed by atoms with Crippen LogP contribution >= 0.6 is 11.6 Å². The molecule has 2 bridgehead atoms. The summed E-state index contributed by atoms with van der Waals surface area (Å²) in [5, 5.41) is 3.60. The average Bonchev–Trinajstić information content (AvgIpc) is 3.45. The maximum Gasteiger partial charge on any atom is 0.230 e. The summed E-state index contributed by atoms with van der Waals surface area (Å²) in [7, 11) is 0. The molecule has 3 unspecified atom stereocenters. The van der Waals surface area contributed by atoms with Crippen LogP contribution in [0.25, 0.3) is 0 Å². The van der Waals surface area contributed by atoms with Gasteiger partial charge in [0.2, 0.25) is 11.8 Å². The number of carbonyl (C=O) groups is 2. The van der Waals surface area contributed by atoms with Crippen molar-refractivity contribution < 1.29 is 18.7 Å². The Balaban J connectivity index is 1.32. The maximum absolute atomic E-state index is 13.1. The number of amides is 2. The van der Waals surface area contributed by atoms with Gasteiger partial charge in [0.15, 0.2) is 0 Å². The van der Waals surface area contributed by atoms with Crippen molar-refractivity contribution in [3.05, 3.63) is 71.2 Å². The van der Waals surface area contributed by atoms with Gasteiger partial charge in [-0.2, -0.15) is 0 Å². The smallest absolute Gasteiger partial charge is 0.230 e. The predicted octanol–water partition coefficient (Wildman–Crippen LogP) is 2.53. The van der Waals surface area contributed by atoms with Gasteiger partial charge >= 0.3 is 0 Å². The second-order valence-corrected chi connectivity index (χ2v) is 7.95. The van der Waals surface area contributed by atoms with E-state index in [1.165, 1.54) is 0 Å². The van der Waals surface area contributed by atoms with E-state index >= 15 is 0 Å². The van der Waals surface area contributed by atoms with Crippen molar-refractivity contribution in [2.75, 3.05) is 6.54 Å². The molecule has 2 aromatic rings. The van der Waals surface area contributed by atoms with Gasteiger partial charge < -0.3 is 19.4 Å². The zero-order valence-corrected chi connectivity index (χ0v) is 15.8. The van der Waals surface area contributed by atoms with E-state index in [1.54, 1.807) is 29.4 Å². The van der Waals surface area contributed by atoms with Crippen LogP contribution in [0.4, 0.5) is 0 Å². The minimum atomic E-state index is -0.712. The van der Waals surface area contributed by atoms with Crippen LogP contribution in [0.5, 0.6) is 0 Å². The monoisotopic (exact) mass is 398 g/mol. The van der Waals surface area contributed by atoms with Crippen molar-refractivity contribution in [2.45, 2.75) is 24.8 Å². The largest absolute Gasteiger partial charge is 0.467 e. The first-order valence-electron chi connectivity index (χ1n) is 9.26. The van der Waals surface area contributed by atoms with Gasteiger partial charge in [-0.3, -0.25) is 9.59 Å². The number of hydrogen-bond acceptors (Lipinski definition) is 4. The number of fused-ring (bicyclic) bond motifs is 1. The number of furan rings is 1. The Morgan fingerprint density at radius 3 is 2.86 bits per heavy atom. The quantitative estimate of drug-likeness (QED) is 0.785. The van der Waals surface area contributed by atoms with Gasteiger partial charge in [0, 0.05) is 11.6 Å². The lowest BCUT2D eigenvalue weighted by Gasteiger charge is -2.23. The summed E-state index contributed by atoms with van der Waals surface area (Å²) in [6, 6.07) is 10.9. The predicted molar refractivity (Wildman–Crippen MR) is 101 cm³/mol. The van der Waals surface area contributed by atoms with Gasteiger partial charge in [-0.05, 0) is 29.8 Å². The highest BCUT2D eigenvalue weighted by atomic mass is 35.5. The van der Waals surface area contributed by atoms with Gasteiger partial charge in [-0.15, -0.1) is 0 Å². The molecule has 3 aliphatic rings. The number of ether oxygens (including phenoxy) is 1. The van der Waals surface area contributed by atoms with E-state index in [9.17, 15) is 9.59 Å². The Kier molecular flexibility index (Phi) is 4.07. The van der Waals surface area contributed by atoms with Crippen LogP contribution in [0.2, 0.25) is 5.02 Å². The molecule has 2 amide bonds. The summed E-state index contributed by atoms with van der Waals surface area (Å²) < 4.78 is 11.5. The highest BCUT2D eigenvalue weighted by molar-refractivity contribution is 6.30. The normalized spacial score (nSPS) is 30.1. The van der Waals surface area contributed by atoms with Gasteiger partial charge in [-0.25, -0.2) is 0 Å². The summed E-state index contributed by atoms with van der Waals surface area (Å²) >= 11 is 5.90. The van der Waals surface area contributed by atoms with E-state index < -0.39 is 17.4 Å². The van der Waals surface area contributed by atoms with Crippen LogP contribution < -0.4 is 5.32 Å². The molecule has 1 N–H and O–H groups in total. The molecule has 1 spiro atoms. The van der Waals surface area contributed by atoms with E-state index in [-0.39, 0.29) is 17.9 Å². The molecule has 3 aliphatic heterocycles. The molecule has 4 heterocycles. The second kappa shape index (κ2) is 6.50. The molecule has 7 heteroatoms. The lowest BCUT2D eigenvalue weighted by molar-refractivity contribution is -0.138. The summed E-state index contributed by atoms with van der Waals surface area (Å²) in [5.74, 6) is -0.527. The third kappa shape index (κ3) is 2.75. The Morgan fingerprint density at radius 1 is 1.29 bits per heavy atom. The molecule has 5 rings (SSSR count). The fourth-order valence-electron chi connectivity index (χ4n) is 4.51. The number of likely N-dealkylation sites (tertiary alicyclic amines) is 1. The fourth-order valence-corrected chi connectivity index (χ4v) is 4.64. The number of halogens is 1. The highest BCUT2D eigenvalue weighted by Crippen LogP contribution is 2.52. The number of nitrogens with one attached hydrogen (secondary N) is 1. The molecule has 0 radical (unpaired) electrons. The lowest BCUT2D eigenvalue weighted by Crippen LogP contribution is -2.43. The molecular weight excluding hydrogens is 380 g/mol. The van der Waals surface area contributed by atoms with Gasteiger partial charge in [0.05, 0.1) is 37.3 Å². The molecule has 28 heavy (non-hydrogen) atoms. The minimum Gasteiger partial charge on any atom is -0.467 e. The van der Waals surface area contributed by atoms with E-state index in [0.29, 0.717) is 30.4 Å². The van der Waals surface area contributed by atoms with Crippen molar-refractivity contribution in [1.82, 2.24) is 10.2 Å². The third-order valence-electron chi connectivity index (χ3n) is 5.79. The Bertz CT molecular complexity index is 940. The molecule has 2 saturated heterocycles. The molecule has 2 fully saturated rings. The van der Waals surface area contributed by atoms with E-state index in [2.05, 4.69) is 5.32 Å². The first kappa shape index (κ1) is 17.5. The molecule has 6 nitrogen and oxygen atoms in total. The topological polar surface area (TPSA) is 71.8 Å². The van der Waals surface area contributed by atoms with Crippen molar-refractivity contribution in [3.63, 3.8) is 0 Å². The summed E-state index contributed by atoms with van der Waals surface area (Å²) in [5.41, 5.74) is 0.237. The molecular formula is C21H19ClN2O4. The molecule has 1 aromatic heterocycles. The van der Waals surface area contributed by atoms with Crippen LogP contribution in [0, 0.1) is 11.8 Å². The van der Waals surface area contributed by atoms with Gasteiger partial charge in [-0.1, -0.05) is 35.9 Å². The molecule has 1 aromatic carbocycles. The Labute approximate surface area is 167 Å². The minimum absolute atomic E-state index is 0.0603. The molecule has 0 aliphatic carbocycles. The Morgan fingerprint density at radius 2 is 2.11 bits per heavy atom. The average molecular weight is 399 g/mol. The third-order valence-corrected chi connectivity index (χ3v) is 6.04. The van der Waals surface area contributed by atoms with E-state index in [0.717, 1.165) is 5.56 Å². The van der Waals surface area contributed by atoms with E-state index in [1.807, 2.05) is 30.4 Å². The molecule has 144 valence electrons. The van der Waals surface area contributed by atoms with Crippen molar-refractivity contribution in [1.29, 1.82) is 0 Å². The zero-order chi connectivity index (χ0) is 19.3. The molecule has 0 saturated carbocycles. The first-order chi connectivity index (χ1) is 13.6. The standard InChI is InChI=1S/C21H19ClN2O4/c22-14-5-3-13(4-6-14)10-23-19(25)17-16-7-8-21(28-16)12-24(20(26)18(17)21)11-15-2-1-9-27-15/h1-9,16-18H,10-12H2,(H,23,25)/t16-,17?,18?,21?/m1/s1. The zero-order valence-electron chi connectivity index (χ0n) is 15.0. The summed E-state index contributed by atoms with van der Waals surface area (Å²) in [6.45, 7) is 1.20. The fraction of sp³-hybridized carbons (Fsp3) is 0.333. The number of hydrogen-bond donors (Lipinski definition) is 1. The first-order valence-corrected chi connectivity index (χ1v) is 9.64. The van der Waals surface area contributed by atoms with E-state index in [4.69, 9.17) is 20.8 Å². The van der Waals surface area contributed by atoms with Crippen LogP contribution in [0.1, 0.15) is 11.3 Å². The van der Waals surface area contributed by atoms with Crippen molar-refractivity contribution >= 4 is 23.4 Å². The number of nitrogens with zero attached hydrogens (tertiary/aromatic N) is 1. The van der Waals surface area contributed by atoms with Crippen LogP contribution in [-0.4, -0.2) is 35.0 Å². The summed E-state index contributed by atoms with van der Waals surface area (Å²) in [4.78, 5) is 27.8.